The number of carbonyl (C=O) groups excluding carboxylic acids is 1. The number of fused-ring (bicyclic) bond motifs is 1. The van der Waals surface area contributed by atoms with Gasteiger partial charge < -0.3 is 9.30 Å². The number of nitrogens with zero attached hydrogens (tertiary/aromatic N) is 2. The van der Waals surface area contributed by atoms with Crippen LogP contribution in [0, 0.1) is 23.0 Å². The van der Waals surface area contributed by atoms with Crippen molar-refractivity contribution in [3.05, 3.63) is 89.6 Å². The predicted molar refractivity (Wildman–Crippen MR) is 133 cm³/mol. The molecule has 1 aromatic heterocycles. The van der Waals surface area contributed by atoms with Gasteiger partial charge in [0.2, 0.25) is 0 Å². The number of hydrogen-bond acceptors (Lipinski definition) is 4. The molecule has 3 aromatic carbocycles. The van der Waals surface area contributed by atoms with E-state index in [1.165, 1.54) is 23.9 Å². The van der Waals surface area contributed by atoms with Crippen molar-refractivity contribution in [1.82, 2.24) is 4.57 Å². The van der Waals surface area contributed by atoms with Gasteiger partial charge in [-0.15, -0.1) is 0 Å². The predicted octanol–water partition coefficient (Wildman–Crippen LogP) is 7.34. The van der Waals surface area contributed by atoms with Gasteiger partial charge in [-0.25, -0.2) is 13.6 Å². The quantitative estimate of drug-likeness (QED) is 0.317. The molecule has 4 aromatic rings. The first kappa shape index (κ1) is 24.3. The summed E-state index contributed by atoms with van der Waals surface area (Å²) in [5.41, 5.74) is 1.63. The Kier molecular flexibility index (Phi) is 6.81. The van der Waals surface area contributed by atoms with Gasteiger partial charge in [0.25, 0.3) is 0 Å². The number of ether oxygens (including phenoxy) is 1. The van der Waals surface area contributed by atoms with Gasteiger partial charge in [0.1, 0.15) is 23.3 Å². The highest BCUT2D eigenvalue weighted by molar-refractivity contribution is 7.99. The van der Waals surface area contributed by atoms with Crippen molar-refractivity contribution in [2.24, 2.45) is 0 Å². The molecule has 8 heteroatoms. The molecule has 0 saturated carbocycles. The molecule has 1 heterocycles. The standard InChI is InChI=1S/C27H23F2N3O2S/c1-27(2,3)34-26(33)31-21-8-9-22-23(13-21)32(15-17-10-19(28)12-20(29)11-17)16-25(22)35-24-7-5-4-6-18(24)14-30/h4-13,16H,15H2,1-3H3,(H,31,33). The minimum atomic E-state index is -0.652. The van der Waals surface area contributed by atoms with Crippen molar-refractivity contribution in [2.75, 3.05) is 5.32 Å². The van der Waals surface area contributed by atoms with Gasteiger partial charge in [-0.1, -0.05) is 23.9 Å². The van der Waals surface area contributed by atoms with Crippen LogP contribution in [0.5, 0.6) is 0 Å². The van der Waals surface area contributed by atoms with Crippen LogP contribution < -0.4 is 5.32 Å². The number of halogens is 2. The largest absolute Gasteiger partial charge is 0.444 e. The highest BCUT2D eigenvalue weighted by atomic mass is 32.2. The van der Waals surface area contributed by atoms with Crippen LogP contribution in [0.25, 0.3) is 10.9 Å². The first-order chi connectivity index (χ1) is 16.6. The third-order valence-electron chi connectivity index (χ3n) is 4.99. The number of anilines is 1. The number of nitriles is 1. The van der Waals surface area contributed by atoms with Crippen LogP contribution in [0.3, 0.4) is 0 Å². The zero-order valence-corrected chi connectivity index (χ0v) is 20.2. The summed E-state index contributed by atoms with van der Waals surface area (Å²) in [5.74, 6) is -1.30. The molecule has 4 rings (SSSR count). The molecule has 0 aliphatic carbocycles. The molecule has 0 radical (unpaired) electrons. The molecule has 35 heavy (non-hydrogen) atoms. The number of benzene rings is 3. The van der Waals surface area contributed by atoms with E-state index in [2.05, 4.69) is 11.4 Å². The van der Waals surface area contributed by atoms with Gasteiger partial charge in [0.05, 0.1) is 11.1 Å². The Hall–Kier alpha value is -3.83. The van der Waals surface area contributed by atoms with Gasteiger partial charge in [0.15, 0.2) is 0 Å². The molecule has 0 aliphatic rings. The smallest absolute Gasteiger partial charge is 0.412 e. The first-order valence-electron chi connectivity index (χ1n) is 10.9. The van der Waals surface area contributed by atoms with E-state index in [-0.39, 0.29) is 6.54 Å². The molecule has 0 fully saturated rings. The van der Waals surface area contributed by atoms with Crippen molar-refractivity contribution in [2.45, 2.75) is 42.7 Å². The molecular weight excluding hydrogens is 468 g/mol. The maximum Gasteiger partial charge on any atom is 0.412 e. The van der Waals surface area contributed by atoms with E-state index in [0.29, 0.717) is 16.8 Å². The van der Waals surface area contributed by atoms with Gasteiger partial charge in [0, 0.05) is 39.7 Å². The third kappa shape index (κ3) is 6.00. The van der Waals surface area contributed by atoms with Gasteiger partial charge >= 0.3 is 6.09 Å². The van der Waals surface area contributed by atoms with Crippen molar-refractivity contribution in [3.63, 3.8) is 0 Å². The lowest BCUT2D eigenvalue weighted by atomic mass is 10.2. The zero-order chi connectivity index (χ0) is 25.2. The summed E-state index contributed by atoms with van der Waals surface area (Å²) in [6, 6.07) is 18.3. The fraction of sp³-hybridized carbons (Fsp3) is 0.185. The summed E-state index contributed by atoms with van der Waals surface area (Å²) in [4.78, 5) is 13.9. The van der Waals surface area contributed by atoms with Crippen LogP contribution in [-0.2, 0) is 11.3 Å². The van der Waals surface area contributed by atoms with Crippen molar-refractivity contribution >= 4 is 34.4 Å². The lowest BCUT2D eigenvalue weighted by molar-refractivity contribution is 0.0636. The highest BCUT2D eigenvalue weighted by Crippen LogP contribution is 2.38. The second-order valence-electron chi connectivity index (χ2n) is 8.97. The Morgan fingerprint density at radius 2 is 1.77 bits per heavy atom. The molecule has 5 nitrogen and oxygen atoms in total. The summed E-state index contributed by atoms with van der Waals surface area (Å²) >= 11 is 1.43. The fourth-order valence-corrected chi connectivity index (χ4v) is 4.70. The van der Waals surface area contributed by atoms with Crippen LogP contribution in [0.2, 0.25) is 0 Å². The van der Waals surface area contributed by atoms with Gasteiger partial charge in [-0.3, -0.25) is 5.32 Å². The molecule has 0 atom stereocenters. The number of rotatable bonds is 5. The Labute approximate surface area is 206 Å². The second kappa shape index (κ2) is 9.80. The van der Waals surface area contributed by atoms with Crippen molar-refractivity contribution < 1.29 is 18.3 Å². The number of carbonyl (C=O) groups is 1. The van der Waals surface area contributed by atoms with Crippen LogP contribution >= 0.6 is 11.8 Å². The number of hydrogen-bond donors (Lipinski definition) is 1. The van der Waals surface area contributed by atoms with E-state index in [1.54, 1.807) is 45.0 Å². The summed E-state index contributed by atoms with van der Waals surface area (Å²) < 4.78 is 34.8. The Morgan fingerprint density at radius 3 is 2.46 bits per heavy atom. The lowest BCUT2D eigenvalue weighted by Gasteiger charge is -2.19. The average Bonchev–Trinajstić information content (AvgIpc) is 3.08. The van der Waals surface area contributed by atoms with Gasteiger partial charge in [-0.2, -0.15) is 5.26 Å². The van der Waals surface area contributed by atoms with E-state index >= 15 is 0 Å². The molecule has 0 unspecified atom stereocenters. The topological polar surface area (TPSA) is 67.0 Å². The maximum absolute atomic E-state index is 13.8. The normalized spacial score (nSPS) is 11.3. The average molecular weight is 492 g/mol. The molecule has 1 amide bonds. The lowest BCUT2D eigenvalue weighted by Crippen LogP contribution is -2.27. The zero-order valence-electron chi connectivity index (χ0n) is 19.4. The Balaban J connectivity index is 1.75. The Morgan fingerprint density at radius 1 is 1.06 bits per heavy atom. The van der Waals surface area contributed by atoms with Crippen LogP contribution in [0.4, 0.5) is 19.3 Å². The van der Waals surface area contributed by atoms with E-state index < -0.39 is 23.3 Å². The Bertz CT molecular complexity index is 1430. The van der Waals surface area contributed by atoms with Crippen molar-refractivity contribution in [1.29, 1.82) is 5.26 Å². The second-order valence-corrected chi connectivity index (χ2v) is 10.1. The van der Waals surface area contributed by atoms with Crippen LogP contribution in [0.1, 0.15) is 31.9 Å². The molecule has 0 bridgehead atoms. The number of aromatic nitrogens is 1. The highest BCUT2D eigenvalue weighted by Gasteiger charge is 2.18. The van der Waals surface area contributed by atoms with E-state index in [4.69, 9.17) is 4.74 Å². The fourth-order valence-electron chi connectivity index (χ4n) is 3.64. The van der Waals surface area contributed by atoms with Gasteiger partial charge in [-0.05, 0) is 68.8 Å². The molecule has 0 aliphatic heterocycles. The minimum absolute atomic E-state index is 0.210. The third-order valence-corrected chi connectivity index (χ3v) is 6.11. The molecule has 0 spiro atoms. The summed E-state index contributed by atoms with van der Waals surface area (Å²) in [6.07, 6.45) is 1.29. The number of nitrogens with one attached hydrogen (secondary N) is 1. The summed E-state index contributed by atoms with van der Waals surface area (Å²) in [6.45, 7) is 5.55. The summed E-state index contributed by atoms with van der Waals surface area (Å²) in [7, 11) is 0. The van der Waals surface area contributed by atoms with E-state index in [9.17, 15) is 18.8 Å². The van der Waals surface area contributed by atoms with E-state index in [0.717, 1.165) is 26.8 Å². The monoisotopic (exact) mass is 491 g/mol. The van der Waals surface area contributed by atoms with E-state index in [1.807, 2.05) is 29.0 Å². The summed E-state index contributed by atoms with van der Waals surface area (Å²) in [5, 5.41) is 13.1. The van der Waals surface area contributed by atoms with Crippen LogP contribution in [0.15, 0.2) is 76.7 Å². The maximum atomic E-state index is 13.8. The molecule has 1 N–H and O–H groups in total. The molecular formula is C27H23F2N3O2S. The molecule has 178 valence electrons. The van der Waals surface area contributed by atoms with Crippen molar-refractivity contribution in [3.8, 4) is 6.07 Å². The molecule has 0 saturated heterocycles. The SMILES string of the molecule is CC(C)(C)OC(=O)Nc1ccc2c(Sc3ccccc3C#N)cn(Cc3cc(F)cc(F)c3)c2c1. The number of amides is 1. The first-order valence-corrected chi connectivity index (χ1v) is 11.7. The van der Waals surface area contributed by atoms with Crippen LogP contribution in [-0.4, -0.2) is 16.3 Å². The minimum Gasteiger partial charge on any atom is -0.444 e.